The summed E-state index contributed by atoms with van der Waals surface area (Å²) in [5.74, 6) is -0.0176. The van der Waals surface area contributed by atoms with Crippen molar-refractivity contribution in [2.24, 2.45) is 0 Å². The first kappa shape index (κ1) is 13.2. The number of carbonyl (C=O) groups is 1. The van der Waals surface area contributed by atoms with Crippen molar-refractivity contribution in [2.75, 3.05) is 33.2 Å². The molecule has 0 unspecified atom stereocenters. The third-order valence-corrected chi connectivity index (χ3v) is 3.50. The maximum absolute atomic E-state index is 12.3. The number of amides is 1. The second-order valence-corrected chi connectivity index (χ2v) is 5.02. The van der Waals surface area contributed by atoms with Gasteiger partial charge in [-0.1, -0.05) is 11.6 Å². The Morgan fingerprint density at radius 2 is 2.06 bits per heavy atom. The average molecular weight is 269 g/mol. The molecule has 0 bridgehead atoms. The van der Waals surface area contributed by atoms with Crippen LogP contribution < -0.4 is 0 Å². The number of phenolic OH excluding ortho intramolecular Hbond substituents is 1. The van der Waals surface area contributed by atoms with Gasteiger partial charge in [-0.2, -0.15) is 0 Å². The minimum absolute atomic E-state index is 0.00353. The number of aromatic hydroxyl groups is 1. The van der Waals surface area contributed by atoms with Gasteiger partial charge < -0.3 is 14.9 Å². The summed E-state index contributed by atoms with van der Waals surface area (Å²) in [4.78, 5) is 16.3. The standard InChI is InChI=1S/C13H17ClN2O2/c1-15-5-2-6-16(8-7-15)13(18)10-3-4-12(17)11(14)9-10/h3-4,9,17H,2,5-8H2,1H3. The van der Waals surface area contributed by atoms with E-state index in [-0.39, 0.29) is 16.7 Å². The van der Waals surface area contributed by atoms with Crippen molar-refractivity contribution in [2.45, 2.75) is 6.42 Å². The molecular weight excluding hydrogens is 252 g/mol. The first-order chi connectivity index (χ1) is 8.58. The lowest BCUT2D eigenvalue weighted by atomic mass is 10.2. The van der Waals surface area contributed by atoms with Gasteiger partial charge in [0.05, 0.1) is 5.02 Å². The third kappa shape index (κ3) is 2.94. The van der Waals surface area contributed by atoms with Crippen LogP contribution in [0.4, 0.5) is 0 Å². The van der Waals surface area contributed by atoms with Crippen LogP contribution in [-0.4, -0.2) is 54.0 Å². The molecule has 1 amide bonds. The van der Waals surface area contributed by atoms with Gasteiger partial charge in [0.1, 0.15) is 5.75 Å². The van der Waals surface area contributed by atoms with Crippen LogP contribution in [0.1, 0.15) is 16.8 Å². The second-order valence-electron chi connectivity index (χ2n) is 4.62. The molecule has 5 heteroatoms. The fourth-order valence-corrected chi connectivity index (χ4v) is 2.25. The van der Waals surface area contributed by atoms with E-state index in [9.17, 15) is 9.90 Å². The predicted molar refractivity (Wildman–Crippen MR) is 71.1 cm³/mol. The van der Waals surface area contributed by atoms with E-state index in [4.69, 9.17) is 11.6 Å². The van der Waals surface area contributed by atoms with E-state index in [2.05, 4.69) is 11.9 Å². The molecule has 0 aliphatic carbocycles. The van der Waals surface area contributed by atoms with E-state index in [1.54, 1.807) is 6.07 Å². The molecule has 1 aliphatic rings. The summed E-state index contributed by atoms with van der Waals surface area (Å²) in [5.41, 5.74) is 0.530. The van der Waals surface area contributed by atoms with Gasteiger partial charge in [0.15, 0.2) is 0 Å². The topological polar surface area (TPSA) is 43.8 Å². The quantitative estimate of drug-likeness (QED) is 0.845. The maximum atomic E-state index is 12.3. The monoisotopic (exact) mass is 268 g/mol. The van der Waals surface area contributed by atoms with E-state index in [0.29, 0.717) is 5.56 Å². The highest BCUT2D eigenvalue weighted by Crippen LogP contribution is 2.24. The van der Waals surface area contributed by atoms with E-state index in [1.165, 1.54) is 12.1 Å². The molecule has 0 atom stereocenters. The zero-order chi connectivity index (χ0) is 13.1. The number of carbonyl (C=O) groups excluding carboxylic acids is 1. The second kappa shape index (κ2) is 5.59. The molecule has 1 N–H and O–H groups in total. The van der Waals surface area contributed by atoms with Crippen LogP contribution in [0.15, 0.2) is 18.2 Å². The lowest BCUT2D eigenvalue weighted by molar-refractivity contribution is 0.0763. The average Bonchev–Trinajstić information content (AvgIpc) is 2.57. The summed E-state index contributed by atoms with van der Waals surface area (Å²) in [6.45, 7) is 3.40. The molecule has 0 saturated carbocycles. The Morgan fingerprint density at radius 1 is 1.28 bits per heavy atom. The Morgan fingerprint density at radius 3 is 2.78 bits per heavy atom. The summed E-state index contributed by atoms with van der Waals surface area (Å²) < 4.78 is 0. The van der Waals surface area contributed by atoms with Crippen LogP contribution >= 0.6 is 11.6 Å². The number of nitrogens with zero attached hydrogens (tertiary/aromatic N) is 2. The number of benzene rings is 1. The van der Waals surface area contributed by atoms with Crippen molar-refractivity contribution in [3.63, 3.8) is 0 Å². The first-order valence-electron chi connectivity index (χ1n) is 6.04. The van der Waals surface area contributed by atoms with Gasteiger partial charge >= 0.3 is 0 Å². The molecule has 1 fully saturated rings. The van der Waals surface area contributed by atoms with Crippen LogP contribution in [0, 0.1) is 0 Å². The smallest absolute Gasteiger partial charge is 0.253 e. The molecule has 4 nitrogen and oxygen atoms in total. The minimum Gasteiger partial charge on any atom is -0.506 e. The Kier molecular flexibility index (Phi) is 4.09. The van der Waals surface area contributed by atoms with Crippen molar-refractivity contribution in [1.82, 2.24) is 9.80 Å². The summed E-state index contributed by atoms with van der Waals surface area (Å²) in [7, 11) is 2.06. The fourth-order valence-electron chi connectivity index (χ4n) is 2.07. The molecule has 2 rings (SSSR count). The number of hydrogen-bond donors (Lipinski definition) is 1. The van der Waals surface area contributed by atoms with Crippen LogP contribution in [0.25, 0.3) is 0 Å². The SMILES string of the molecule is CN1CCCN(C(=O)c2ccc(O)c(Cl)c2)CC1. The highest BCUT2D eigenvalue weighted by molar-refractivity contribution is 6.32. The van der Waals surface area contributed by atoms with Crippen molar-refractivity contribution in [1.29, 1.82) is 0 Å². The van der Waals surface area contributed by atoms with Gasteiger partial charge in [-0.05, 0) is 38.2 Å². The van der Waals surface area contributed by atoms with Gasteiger partial charge in [-0.15, -0.1) is 0 Å². The van der Waals surface area contributed by atoms with Gasteiger partial charge in [0.2, 0.25) is 0 Å². The fraction of sp³-hybridized carbons (Fsp3) is 0.462. The van der Waals surface area contributed by atoms with Crippen LogP contribution in [-0.2, 0) is 0 Å². The van der Waals surface area contributed by atoms with Gasteiger partial charge in [0, 0.05) is 25.2 Å². The molecule has 0 radical (unpaired) electrons. The predicted octanol–water partition coefficient (Wildman–Crippen LogP) is 1.82. The highest BCUT2D eigenvalue weighted by Gasteiger charge is 2.19. The molecule has 0 aromatic heterocycles. The molecular formula is C13H17ClN2O2. The molecule has 1 aliphatic heterocycles. The lowest BCUT2D eigenvalue weighted by Gasteiger charge is -2.20. The largest absolute Gasteiger partial charge is 0.506 e. The highest BCUT2D eigenvalue weighted by atomic mass is 35.5. The van der Waals surface area contributed by atoms with Crippen molar-refractivity contribution >= 4 is 17.5 Å². The summed E-state index contributed by atoms with van der Waals surface area (Å²) in [5, 5.41) is 9.57. The normalized spacial score (nSPS) is 17.6. The molecule has 1 aromatic carbocycles. The number of phenols is 1. The molecule has 98 valence electrons. The van der Waals surface area contributed by atoms with Crippen LogP contribution in [0.2, 0.25) is 5.02 Å². The third-order valence-electron chi connectivity index (χ3n) is 3.20. The number of rotatable bonds is 1. The van der Waals surface area contributed by atoms with E-state index >= 15 is 0 Å². The van der Waals surface area contributed by atoms with E-state index < -0.39 is 0 Å². The Hall–Kier alpha value is -1.26. The van der Waals surface area contributed by atoms with Crippen molar-refractivity contribution in [3.8, 4) is 5.75 Å². The molecule has 1 saturated heterocycles. The molecule has 1 heterocycles. The zero-order valence-corrected chi connectivity index (χ0v) is 11.2. The number of likely N-dealkylation sites (N-methyl/N-ethyl adjacent to an activating group) is 1. The summed E-state index contributed by atoms with van der Waals surface area (Å²) in [6, 6.07) is 4.59. The van der Waals surface area contributed by atoms with Crippen molar-refractivity contribution < 1.29 is 9.90 Å². The lowest BCUT2D eigenvalue weighted by Crippen LogP contribution is -2.34. The Bertz CT molecular complexity index is 451. The van der Waals surface area contributed by atoms with Gasteiger partial charge in [-0.25, -0.2) is 0 Å². The molecule has 18 heavy (non-hydrogen) atoms. The van der Waals surface area contributed by atoms with Gasteiger partial charge in [-0.3, -0.25) is 4.79 Å². The summed E-state index contributed by atoms with van der Waals surface area (Å²) in [6.07, 6.45) is 0.980. The Balaban J connectivity index is 2.12. The van der Waals surface area contributed by atoms with E-state index in [0.717, 1.165) is 32.6 Å². The minimum atomic E-state index is -0.0211. The van der Waals surface area contributed by atoms with Crippen LogP contribution in [0.5, 0.6) is 5.75 Å². The summed E-state index contributed by atoms with van der Waals surface area (Å²) >= 11 is 5.82. The molecule has 1 aromatic rings. The van der Waals surface area contributed by atoms with E-state index in [1.807, 2.05) is 4.90 Å². The molecule has 0 spiro atoms. The maximum Gasteiger partial charge on any atom is 0.253 e. The number of hydrogen-bond acceptors (Lipinski definition) is 3. The first-order valence-corrected chi connectivity index (χ1v) is 6.42. The number of halogens is 1. The van der Waals surface area contributed by atoms with Gasteiger partial charge in [0.25, 0.3) is 5.91 Å². The van der Waals surface area contributed by atoms with Crippen molar-refractivity contribution in [3.05, 3.63) is 28.8 Å². The Labute approximate surface area is 112 Å². The van der Waals surface area contributed by atoms with Crippen LogP contribution in [0.3, 0.4) is 0 Å². The zero-order valence-electron chi connectivity index (χ0n) is 10.4.